The summed E-state index contributed by atoms with van der Waals surface area (Å²) in [4.78, 5) is 33.6. The average Bonchev–Trinajstić information content (AvgIpc) is 3.08. The third-order valence-electron chi connectivity index (χ3n) is 6.00. The van der Waals surface area contributed by atoms with E-state index in [1.54, 1.807) is 15.9 Å². The standard InChI is InChI=1S/C27H28N2O2S/c1-15(2)25-28-26-24(23(19(6)32-26)20-10-7-16(3)8-11-20)27(31)29(25)14-22(30)21-12-9-17(4)18(5)13-21/h7-13,15H,14H2,1-6H3. The van der Waals surface area contributed by atoms with Crippen molar-refractivity contribution in [3.05, 3.63) is 85.8 Å². The highest BCUT2D eigenvalue weighted by Gasteiger charge is 2.22. The molecule has 0 saturated carbocycles. The number of carbonyl (C=O) groups is 1. The normalized spacial score (nSPS) is 11.5. The predicted molar refractivity (Wildman–Crippen MR) is 133 cm³/mol. The van der Waals surface area contributed by atoms with Gasteiger partial charge in [-0.1, -0.05) is 55.8 Å². The minimum absolute atomic E-state index is 0.0139. The van der Waals surface area contributed by atoms with Crippen molar-refractivity contribution in [2.75, 3.05) is 0 Å². The minimum atomic E-state index is -0.143. The number of thiophene rings is 1. The van der Waals surface area contributed by atoms with Crippen LogP contribution in [0.3, 0.4) is 0 Å². The van der Waals surface area contributed by atoms with E-state index in [2.05, 4.69) is 12.1 Å². The summed E-state index contributed by atoms with van der Waals surface area (Å²) in [5, 5.41) is 0.605. The maximum Gasteiger partial charge on any atom is 0.263 e. The zero-order chi connectivity index (χ0) is 23.2. The Morgan fingerprint density at radius 2 is 1.69 bits per heavy atom. The lowest BCUT2D eigenvalue weighted by Gasteiger charge is -2.15. The van der Waals surface area contributed by atoms with Crippen molar-refractivity contribution in [2.45, 2.75) is 54.0 Å². The molecular weight excluding hydrogens is 416 g/mol. The highest BCUT2D eigenvalue weighted by molar-refractivity contribution is 7.19. The van der Waals surface area contributed by atoms with Crippen LogP contribution >= 0.6 is 11.3 Å². The van der Waals surface area contributed by atoms with Gasteiger partial charge >= 0.3 is 0 Å². The van der Waals surface area contributed by atoms with Gasteiger partial charge in [0, 0.05) is 21.9 Å². The number of fused-ring (bicyclic) bond motifs is 1. The number of aryl methyl sites for hydroxylation is 4. The van der Waals surface area contributed by atoms with E-state index in [9.17, 15) is 9.59 Å². The van der Waals surface area contributed by atoms with Gasteiger partial charge in [0.2, 0.25) is 0 Å². The molecule has 4 nitrogen and oxygen atoms in total. The smallest absolute Gasteiger partial charge is 0.263 e. The zero-order valence-electron chi connectivity index (χ0n) is 19.4. The van der Waals surface area contributed by atoms with Crippen LogP contribution in [-0.2, 0) is 6.54 Å². The van der Waals surface area contributed by atoms with Gasteiger partial charge in [-0.15, -0.1) is 11.3 Å². The van der Waals surface area contributed by atoms with Crippen LogP contribution in [0.15, 0.2) is 47.3 Å². The highest BCUT2D eigenvalue weighted by Crippen LogP contribution is 2.36. The van der Waals surface area contributed by atoms with Crippen molar-refractivity contribution in [3.63, 3.8) is 0 Å². The molecule has 0 bridgehead atoms. The molecule has 0 radical (unpaired) electrons. The first-order valence-corrected chi connectivity index (χ1v) is 11.7. The lowest BCUT2D eigenvalue weighted by atomic mass is 10.0. The number of hydrogen-bond acceptors (Lipinski definition) is 4. The monoisotopic (exact) mass is 444 g/mol. The predicted octanol–water partition coefficient (Wildman–Crippen LogP) is 6.36. The summed E-state index contributed by atoms with van der Waals surface area (Å²) in [6.45, 7) is 12.1. The Bertz CT molecular complexity index is 1390. The van der Waals surface area contributed by atoms with Crippen molar-refractivity contribution in [1.29, 1.82) is 0 Å². The molecule has 2 aromatic heterocycles. The number of carbonyl (C=O) groups excluding carboxylic acids is 1. The SMILES string of the molecule is Cc1ccc(-c2c(C)sc3nc(C(C)C)n(CC(=O)c4ccc(C)c(C)c4)c(=O)c23)cc1. The van der Waals surface area contributed by atoms with E-state index in [1.165, 1.54) is 5.56 Å². The van der Waals surface area contributed by atoms with Crippen molar-refractivity contribution in [1.82, 2.24) is 9.55 Å². The van der Waals surface area contributed by atoms with Gasteiger partial charge in [0.25, 0.3) is 5.56 Å². The van der Waals surface area contributed by atoms with Crippen LogP contribution in [0.25, 0.3) is 21.3 Å². The number of rotatable bonds is 5. The Morgan fingerprint density at radius 3 is 2.31 bits per heavy atom. The third kappa shape index (κ3) is 3.93. The van der Waals surface area contributed by atoms with Gasteiger partial charge in [0.1, 0.15) is 10.7 Å². The van der Waals surface area contributed by atoms with Crippen molar-refractivity contribution < 1.29 is 4.79 Å². The lowest BCUT2D eigenvalue weighted by Crippen LogP contribution is -2.29. The fraction of sp³-hybridized carbons (Fsp3) is 0.296. The van der Waals surface area contributed by atoms with Gasteiger partial charge < -0.3 is 0 Å². The van der Waals surface area contributed by atoms with Gasteiger partial charge in [0.05, 0.1) is 11.9 Å². The Morgan fingerprint density at radius 1 is 1.00 bits per heavy atom. The number of nitrogens with zero attached hydrogens (tertiary/aromatic N) is 2. The molecule has 4 rings (SSSR count). The largest absolute Gasteiger partial charge is 0.292 e. The molecule has 0 unspecified atom stereocenters. The Hall–Kier alpha value is -3.05. The van der Waals surface area contributed by atoms with Gasteiger partial charge in [0.15, 0.2) is 5.78 Å². The van der Waals surface area contributed by atoms with E-state index in [1.807, 2.05) is 71.9 Å². The third-order valence-corrected chi connectivity index (χ3v) is 7.00. The van der Waals surface area contributed by atoms with Crippen LogP contribution < -0.4 is 5.56 Å². The summed E-state index contributed by atoms with van der Waals surface area (Å²) >= 11 is 1.54. The molecule has 5 heteroatoms. The molecule has 0 atom stereocenters. The first-order chi connectivity index (χ1) is 15.2. The second kappa shape index (κ2) is 8.47. The molecule has 2 heterocycles. The fourth-order valence-electron chi connectivity index (χ4n) is 4.02. The van der Waals surface area contributed by atoms with Crippen molar-refractivity contribution in [2.24, 2.45) is 0 Å². The summed E-state index contributed by atoms with van der Waals surface area (Å²) in [5.41, 5.74) is 5.78. The highest BCUT2D eigenvalue weighted by atomic mass is 32.1. The molecule has 0 amide bonds. The summed E-state index contributed by atoms with van der Waals surface area (Å²) < 4.78 is 1.58. The molecular formula is C27H28N2O2S. The van der Waals surface area contributed by atoms with Crippen LogP contribution in [0.5, 0.6) is 0 Å². The number of ketones is 1. The van der Waals surface area contributed by atoms with E-state index in [-0.39, 0.29) is 23.8 Å². The van der Waals surface area contributed by atoms with Gasteiger partial charge in [-0.25, -0.2) is 4.98 Å². The summed E-state index contributed by atoms with van der Waals surface area (Å²) in [6, 6.07) is 13.9. The molecule has 4 aromatic rings. The topological polar surface area (TPSA) is 52.0 Å². The molecule has 32 heavy (non-hydrogen) atoms. The second-order valence-electron chi connectivity index (χ2n) is 8.82. The van der Waals surface area contributed by atoms with E-state index in [0.29, 0.717) is 16.8 Å². The Labute approximate surface area is 192 Å². The van der Waals surface area contributed by atoms with Crippen LogP contribution in [-0.4, -0.2) is 15.3 Å². The first-order valence-electron chi connectivity index (χ1n) is 10.9. The number of Topliss-reactive ketones (excluding diaryl/α,β-unsaturated/α-hetero) is 1. The molecule has 0 aliphatic heterocycles. The maximum absolute atomic E-state index is 13.8. The molecule has 2 aromatic carbocycles. The summed E-state index contributed by atoms with van der Waals surface area (Å²) in [5.74, 6) is 0.586. The Kier molecular flexibility index (Phi) is 5.87. The number of aromatic nitrogens is 2. The van der Waals surface area contributed by atoms with Gasteiger partial charge in [-0.3, -0.25) is 14.2 Å². The number of hydrogen-bond donors (Lipinski definition) is 0. The van der Waals surface area contributed by atoms with Crippen LogP contribution in [0, 0.1) is 27.7 Å². The van der Waals surface area contributed by atoms with Crippen molar-refractivity contribution in [3.8, 4) is 11.1 Å². The average molecular weight is 445 g/mol. The quantitative estimate of drug-likeness (QED) is 0.336. The first kappa shape index (κ1) is 22.2. The lowest BCUT2D eigenvalue weighted by molar-refractivity contribution is 0.0969. The van der Waals surface area contributed by atoms with Gasteiger partial charge in [-0.05, 0) is 50.5 Å². The fourth-order valence-corrected chi connectivity index (χ4v) is 5.06. The Balaban J connectivity index is 1.90. The summed E-state index contributed by atoms with van der Waals surface area (Å²) in [6.07, 6.45) is 0. The minimum Gasteiger partial charge on any atom is -0.292 e. The van der Waals surface area contributed by atoms with E-state index < -0.39 is 0 Å². The molecule has 0 aliphatic carbocycles. The van der Waals surface area contributed by atoms with E-state index >= 15 is 0 Å². The van der Waals surface area contributed by atoms with Gasteiger partial charge in [-0.2, -0.15) is 0 Å². The van der Waals surface area contributed by atoms with Crippen molar-refractivity contribution >= 4 is 27.3 Å². The molecule has 0 N–H and O–H groups in total. The van der Waals surface area contributed by atoms with Crippen LogP contribution in [0.4, 0.5) is 0 Å². The van der Waals surface area contributed by atoms with E-state index in [0.717, 1.165) is 32.0 Å². The summed E-state index contributed by atoms with van der Waals surface area (Å²) in [7, 11) is 0. The second-order valence-corrected chi connectivity index (χ2v) is 10.0. The number of benzene rings is 2. The zero-order valence-corrected chi connectivity index (χ0v) is 20.3. The molecule has 0 aliphatic rings. The molecule has 0 fully saturated rings. The molecule has 0 spiro atoms. The van der Waals surface area contributed by atoms with Crippen LogP contribution in [0.1, 0.15) is 57.5 Å². The molecule has 0 saturated heterocycles. The van der Waals surface area contributed by atoms with Crippen LogP contribution in [0.2, 0.25) is 0 Å². The van der Waals surface area contributed by atoms with E-state index in [4.69, 9.17) is 4.98 Å². The maximum atomic E-state index is 13.8. The molecule has 164 valence electrons.